The molecule has 0 aliphatic heterocycles. The molecule has 4 heteroatoms. The van der Waals surface area contributed by atoms with Crippen LogP contribution in [-0.4, -0.2) is 17.6 Å². The number of pyridine rings is 1. The highest BCUT2D eigenvalue weighted by molar-refractivity contribution is 5.84. The number of amides is 1. The number of aromatic nitrogens is 1. The molecule has 124 valence electrons. The number of nitrogens with one attached hydrogen (secondary N) is 1. The molecule has 4 nitrogen and oxygen atoms in total. The van der Waals surface area contributed by atoms with Crippen molar-refractivity contribution < 1.29 is 9.53 Å². The lowest BCUT2D eigenvalue weighted by Gasteiger charge is -2.05. The van der Waals surface area contributed by atoms with Crippen LogP contribution in [0.15, 0.2) is 66.9 Å². The number of benzene rings is 2. The van der Waals surface area contributed by atoms with Gasteiger partial charge in [0.2, 0.25) is 0 Å². The normalized spacial score (nSPS) is 9.92. The second kappa shape index (κ2) is 8.51. The number of alkyl carbamates (subject to hydrolysis) is 1. The summed E-state index contributed by atoms with van der Waals surface area (Å²) in [7, 11) is 0. The van der Waals surface area contributed by atoms with E-state index in [2.05, 4.69) is 22.1 Å². The SMILES string of the molecule is O=C(NCCC#Cc1ccnc2ccccc12)OCc1ccccc1. The van der Waals surface area contributed by atoms with E-state index in [0.717, 1.165) is 22.0 Å². The smallest absolute Gasteiger partial charge is 0.407 e. The van der Waals surface area contributed by atoms with E-state index < -0.39 is 6.09 Å². The van der Waals surface area contributed by atoms with Crippen LogP contribution < -0.4 is 5.32 Å². The monoisotopic (exact) mass is 330 g/mol. The van der Waals surface area contributed by atoms with Gasteiger partial charge in [-0.15, -0.1) is 0 Å². The number of hydrogen-bond acceptors (Lipinski definition) is 3. The molecule has 1 aromatic heterocycles. The number of carbonyl (C=O) groups is 1. The molecule has 1 amide bonds. The Balaban J connectivity index is 1.45. The lowest BCUT2D eigenvalue weighted by atomic mass is 10.1. The van der Waals surface area contributed by atoms with E-state index in [-0.39, 0.29) is 6.61 Å². The topological polar surface area (TPSA) is 51.2 Å². The second-order valence-corrected chi connectivity index (χ2v) is 5.42. The van der Waals surface area contributed by atoms with Crippen LogP contribution in [0.2, 0.25) is 0 Å². The molecule has 0 radical (unpaired) electrons. The predicted molar refractivity (Wildman–Crippen MR) is 97.9 cm³/mol. The molecular weight excluding hydrogens is 312 g/mol. The minimum absolute atomic E-state index is 0.265. The molecule has 3 aromatic rings. The van der Waals surface area contributed by atoms with Crippen molar-refractivity contribution >= 4 is 17.0 Å². The first kappa shape index (κ1) is 16.5. The van der Waals surface area contributed by atoms with Crippen molar-refractivity contribution in [2.24, 2.45) is 0 Å². The minimum Gasteiger partial charge on any atom is -0.445 e. The maximum Gasteiger partial charge on any atom is 0.407 e. The van der Waals surface area contributed by atoms with Gasteiger partial charge >= 0.3 is 6.09 Å². The Morgan fingerprint density at radius 3 is 2.72 bits per heavy atom. The third kappa shape index (κ3) is 4.82. The zero-order valence-electron chi connectivity index (χ0n) is 13.7. The van der Waals surface area contributed by atoms with Gasteiger partial charge in [0.1, 0.15) is 6.61 Å². The highest BCUT2D eigenvalue weighted by atomic mass is 16.5. The van der Waals surface area contributed by atoms with Crippen LogP contribution in [0.4, 0.5) is 4.79 Å². The average molecular weight is 330 g/mol. The zero-order valence-corrected chi connectivity index (χ0v) is 13.7. The van der Waals surface area contributed by atoms with Gasteiger partial charge in [-0.3, -0.25) is 4.98 Å². The van der Waals surface area contributed by atoms with Gasteiger partial charge in [-0.2, -0.15) is 0 Å². The Bertz CT molecular complexity index is 906. The van der Waals surface area contributed by atoms with Gasteiger partial charge in [0.15, 0.2) is 0 Å². The van der Waals surface area contributed by atoms with Crippen LogP contribution in [-0.2, 0) is 11.3 Å². The highest BCUT2D eigenvalue weighted by Crippen LogP contribution is 2.14. The maximum absolute atomic E-state index is 11.6. The van der Waals surface area contributed by atoms with Crippen LogP contribution in [0, 0.1) is 11.8 Å². The molecule has 2 aromatic carbocycles. The fraction of sp³-hybridized carbons (Fsp3) is 0.143. The van der Waals surface area contributed by atoms with Crippen LogP contribution >= 0.6 is 0 Å². The van der Waals surface area contributed by atoms with E-state index in [0.29, 0.717) is 13.0 Å². The molecule has 1 heterocycles. The van der Waals surface area contributed by atoms with Gasteiger partial charge in [0, 0.05) is 30.1 Å². The van der Waals surface area contributed by atoms with Crippen molar-refractivity contribution in [2.75, 3.05) is 6.54 Å². The number of ether oxygens (including phenoxy) is 1. The van der Waals surface area contributed by atoms with Gasteiger partial charge in [0.25, 0.3) is 0 Å². The summed E-state index contributed by atoms with van der Waals surface area (Å²) in [5, 5.41) is 3.74. The molecule has 0 saturated carbocycles. The van der Waals surface area contributed by atoms with Crippen molar-refractivity contribution in [3.63, 3.8) is 0 Å². The lowest BCUT2D eigenvalue weighted by molar-refractivity contribution is 0.140. The average Bonchev–Trinajstić information content (AvgIpc) is 2.67. The van der Waals surface area contributed by atoms with E-state index in [1.807, 2.05) is 60.7 Å². The van der Waals surface area contributed by atoms with E-state index in [9.17, 15) is 4.79 Å². The fourth-order valence-corrected chi connectivity index (χ4v) is 2.36. The Kier molecular flexibility index (Phi) is 5.63. The Morgan fingerprint density at radius 1 is 1.04 bits per heavy atom. The third-order valence-electron chi connectivity index (χ3n) is 3.60. The third-order valence-corrected chi connectivity index (χ3v) is 3.60. The van der Waals surface area contributed by atoms with Crippen molar-refractivity contribution in [3.8, 4) is 11.8 Å². The molecule has 25 heavy (non-hydrogen) atoms. The molecule has 0 unspecified atom stereocenters. The maximum atomic E-state index is 11.6. The van der Waals surface area contributed by atoms with E-state index in [1.165, 1.54) is 0 Å². The minimum atomic E-state index is -0.431. The van der Waals surface area contributed by atoms with Crippen molar-refractivity contribution in [1.29, 1.82) is 0 Å². The summed E-state index contributed by atoms with van der Waals surface area (Å²) >= 11 is 0. The van der Waals surface area contributed by atoms with Crippen LogP contribution in [0.3, 0.4) is 0 Å². The van der Waals surface area contributed by atoms with Crippen LogP contribution in [0.1, 0.15) is 17.5 Å². The Hall–Kier alpha value is -3.32. The molecule has 0 saturated heterocycles. The van der Waals surface area contributed by atoms with E-state index in [4.69, 9.17) is 4.74 Å². The van der Waals surface area contributed by atoms with E-state index >= 15 is 0 Å². The molecule has 0 spiro atoms. The molecule has 0 fully saturated rings. The van der Waals surface area contributed by atoms with Gasteiger partial charge in [-0.05, 0) is 17.7 Å². The second-order valence-electron chi connectivity index (χ2n) is 5.42. The first-order valence-corrected chi connectivity index (χ1v) is 8.10. The number of fused-ring (bicyclic) bond motifs is 1. The van der Waals surface area contributed by atoms with Gasteiger partial charge in [0.05, 0.1) is 5.52 Å². The summed E-state index contributed by atoms with van der Waals surface area (Å²) in [6.45, 7) is 0.713. The van der Waals surface area contributed by atoms with Crippen molar-refractivity contribution in [1.82, 2.24) is 10.3 Å². The summed E-state index contributed by atoms with van der Waals surface area (Å²) in [5.41, 5.74) is 2.83. The largest absolute Gasteiger partial charge is 0.445 e. The number of rotatable bonds is 4. The Morgan fingerprint density at radius 2 is 1.84 bits per heavy atom. The molecule has 0 aliphatic rings. The molecule has 1 N–H and O–H groups in total. The molecular formula is C21H18N2O2. The quantitative estimate of drug-likeness (QED) is 0.583. The summed E-state index contributed by atoms with van der Waals surface area (Å²) in [6, 6.07) is 19.4. The van der Waals surface area contributed by atoms with Gasteiger partial charge < -0.3 is 10.1 Å². The molecule has 0 aliphatic carbocycles. The Labute approximate surface area is 146 Å². The first-order valence-electron chi connectivity index (χ1n) is 8.10. The van der Waals surface area contributed by atoms with Crippen LogP contribution in [0.5, 0.6) is 0 Å². The molecule has 3 rings (SSSR count). The van der Waals surface area contributed by atoms with Crippen molar-refractivity contribution in [2.45, 2.75) is 13.0 Å². The summed E-state index contributed by atoms with van der Waals surface area (Å²) in [5.74, 6) is 6.21. The van der Waals surface area contributed by atoms with Gasteiger partial charge in [-0.1, -0.05) is 60.4 Å². The standard InChI is InChI=1S/C21H18N2O2/c24-21(25-16-17-8-2-1-3-9-17)23-14-7-6-10-18-13-15-22-20-12-5-4-11-19(18)20/h1-5,8-9,11-13,15H,7,14,16H2,(H,23,24). The fourth-order valence-electron chi connectivity index (χ4n) is 2.36. The number of hydrogen-bond donors (Lipinski definition) is 1. The first-order chi connectivity index (χ1) is 12.3. The van der Waals surface area contributed by atoms with Crippen LogP contribution in [0.25, 0.3) is 10.9 Å². The summed E-state index contributed by atoms with van der Waals surface area (Å²) in [4.78, 5) is 15.9. The van der Waals surface area contributed by atoms with E-state index in [1.54, 1.807) is 6.20 Å². The van der Waals surface area contributed by atoms with Gasteiger partial charge in [-0.25, -0.2) is 4.79 Å². The molecule has 0 bridgehead atoms. The number of nitrogens with zero attached hydrogens (tertiary/aromatic N) is 1. The highest BCUT2D eigenvalue weighted by Gasteiger charge is 2.01. The number of carbonyl (C=O) groups excluding carboxylic acids is 1. The molecule has 0 atom stereocenters. The predicted octanol–water partition coefficient (Wildman–Crippen LogP) is 3.90. The summed E-state index contributed by atoms with van der Waals surface area (Å²) < 4.78 is 5.14. The lowest BCUT2D eigenvalue weighted by Crippen LogP contribution is -2.24. The number of para-hydroxylation sites is 1. The summed E-state index contributed by atoms with van der Waals surface area (Å²) in [6.07, 6.45) is 1.88. The zero-order chi connectivity index (χ0) is 17.3. The van der Waals surface area contributed by atoms with Crippen molar-refractivity contribution in [3.05, 3.63) is 78.0 Å².